The largest absolute Gasteiger partial charge is 0.467 e. The lowest BCUT2D eigenvalue weighted by molar-refractivity contribution is -0.165. The fourth-order valence-electron chi connectivity index (χ4n) is 13.5. The quantitative estimate of drug-likeness (QED) is 0.0104. The highest BCUT2D eigenvalue weighted by atomic mass is 16.6. The van der Waals surface area contributed by atoms with Crippen molar-refractivity contribution < 1.29 is 95.5 Å². The van der Waals surface area contributed by atoms with Gasteiger partial charge in [0.05, 0.1) is 25.9 Å². The van der Waals surface area contributed by atoms with Gasteiger partial charge in [0, 0.05) is 56.5 Å². The van der Waals surface area contributed by atoms with Crippen molar-refractivity contribution in [1.29, 1.82) is 0 Å². The molecule has 6 amide bonds. The second-order valence-corrected chi connectivity index (χ2v) is 33.0. The second-order valence-electron chi connectivity index (χ2n) is 33.0. The average Bonchev–Trinajstić information content (AvgIpc) is 1.61. The Kier molecular flexibility index (Phi) is 35.0. The maximum atomic E-state index is 14.4. The van der Waals surface area contributed by atoms with Crippen molar-refractivity contribution in [2.75, 3.05) is 33.4 Å². The van der Waals surface area contributed by atoms with Crippen LogP contribution in [0.25, 0.3) is 21.9 Å². The van der Waals surface area contributed by atoms with Crippen molar-refractivity contribution in [3.63, 3.8) is 0 Å². The lowest BCUT2D eigenvalue weighted by Gasteiger charge is -2.29. The zero-order valence-electron chi connectivity index (χ0n) is 67.6. The highest BCUT2D eigenvalue weighted by Gasteiger charge is 2.38. The predicted molar refractivity (Wildman–Crippen MR) is 420 cm³/mol. The molecule has 0 saturated heterocycles. The van der Waals surface area contributed by atoms with Crippen molar-refractivity contribution in [1.82, 2.24) is 31.9 Å². The standard InChI is InChI=1S/C86H118N6O20/c1-15-45-107-73(96)35-18-16-17-33-66(89-72(95)51-69(81(104)112-86(11,12)13)90-71(94)49-60(78(101)110-84(5,6)7)50-75(98)108-53-65-63-31-23-21-29-61(63)62-30-22-24-32-64(62)65)77(100)88-52-54-36-40-57(41-37-54)70(93)48-59(47-55-38-39-56-27-19-20-28-58(56)46-55)76(99)87-44-26-25-34-67(79(102)106-14)91-82(105)92-68(80(103)111-85(8,9)10)42-43-74(97)109-83(2,3)4/h15,19-24,27-32,38-39,46,54,57,59-60,65-69H,1,16-18,25-26,33-37,40-45,47-53H2,2-14H3,(H,87,99)(H,88,100)(H,89,95)(H,90,94)(H2,91,92,105). The number of esters is 7. The lowest BCUT2D eigenvalue weighted by atomic mass is 9.77. The summed E-state index contributed by atoms with van der Waals surface area (Å²) < 4.78 is 38.2. The van der Waals surface area contributed by atoms with Gasteiger partial charge in [-0.1, -0.05) is 116 Å². The number of ketones is 1. The Morgan fingerprint density at radius 2 is 1.02 bits per heavy atom. The van der Waals surface area contributed by atoms with Gasteiger partial charge in [-0.15, -0.1) is 0 Å². The molecule has 6 rings (SSSR count). The van der Waals surface area contributed by atoms with E-state index in [2.05, 4.69) is 38.5 Å². The molecule has 0 bridgehead atoms. The molecule has 0 aromatic heterocycles. The smallest absolute Gasteiger partial charge is 0.329 e. The van der Waals surface area contributed by atoms with Gasteiger partial charge in [-0.05, 0) is 198 Å². The van der Waals surface area contributed by atoms with Crippen LogP contribution in [0.2, 0.25) is 0 Å². The average molecular weight is 1560 g/mol. The van der Waals surface area contributed by atoms with Gasteiger partial charge in [-0.3, -0.25) is 43.2 Å². The van der Waals surface area contributed by atoms with Gasteiger partial charge >= 0.3 is 47.8 Å². The van der Waals surface area contributed by atoms with Crippen LogP contribution in [0.1, 0.15) is 221 Å². The maximum absolute atomic E-state index is 14.4. The number of Topliss-reactive ketones (excluding diaryl/α,β-unsaturated/α-hetero) is 1. The van der Waals surface area contributed by atoms with Crippen LogP contribution < -0.4 is 31.9 Å². The highest BCUT2D eigenvalue weighted by molar-refractivity contribution is 5.94. The van der Waals surface area contributed by atoms with Crippen LogP contribution in [-0.2, 0) is 97.1 Å². The molecule has 0 spiro atoms. The summed E-state index contributed by atoms with van der Waals surface area (Å²) in [6, 6.07) is 23.2. The minimum Gasteiger partial charge on any atom is -0.467 e. The summed E-state index contributed by atoms with van der Waals surface area (Å²) in [5, 5.41) is 18.4. The first-order valence-corrected chi connectivity index (χ1v) is 39.1. The van der Waals surface area contributed by atoms with Crippen LogP contribution in [0.4, 0.5) is 4.79 Å². The molecule has 1 saturated carbocycles. The minimum atomic E-state index is -1.63. The van der Waals surface area contributed by atoms with Crippen molar-refractivity contribution in [3.05, 3.63) is 120 Å². The summed E-state index contributed by atoms with van der Waals surface area (Å²) in [4.78, 5) is 177. The number of nitrogens with one attached hydrogen (secondary N) is 6. The lowest BCUT2D eigenvalue weighted by Crippen LogP contribution is -2.52. The molecule has 6 atom stereocenters. The molecule has 2 aliphatic rings. The molecule has 0 aliphatic heterocycles. The maximum Gasteiger partial charge on any atom is 0.329 e. The van der Waals surface area contributed by atoms with E-state index in [0.29, 0.717) is 57.8 Å². The summed E-state index contributed by atoms with van der Waals surface area (Å²) in [6.45, 7) is 23.8. The zero-order valence-corrected chi connectivity index (χ0v) is 67.6. The molecule has 112 heavy (non-hydrogen) atoms. The first kappa shape index (κ1) is 90.9. The van der Waals surface area contributed by atoms with Gasteiger partial charge in [0.2, 0.25) is 23.6 Å². The van der Waals surface area contributed by atoms with E-state index in [9.17, 15) is 62.3 Å². The summed E-state index contributed by atoms with van der Waals surface area (Å²) in [6.07, 6.45) is 3.75. The van der Waals surface area contributed by atoms with E-state index in [0.717, 1.165) is 38.6 Å². The Labute approximate surface area is 658 Å². The molecule has 0 radical (unpaired) electrons. The summed E-state index contributed by atoms with van der Waals surface area (Å²) in [5.74, 6) is -10.7. The number of carbonyl (C=O) groups is 13. The number of hydrogen-bond acceptors (Lipinski definition) is 20. The van der Waals surface area contributed by atoms with Gasteiger partial charge < -0.3 is 65.1 Å². The Hall–Kier alpha value is -10.0. The molecule has 0 heterocycles. The Morgan fingerprint density at radius 3 is 1.62 bits per heavy atom. The molecular weight excluding hydrogens is 1440 g/mol. The number of hydrogen-bond donors (Lipinski definition) is 6. The Bertz CT molecular complexity index is 3880. The molecule has 4 aromatic carbocycles. The van der Waals surface area contributed by atoms with Crippen LogP contribution in [0, 0.1) is 23.7 Å². The minimum absolute atomic E-state index is 0.0405. The van der Waals surface area contributed by atoms with Crippen molar-refractivity contribution >= 4 is 88.0 Å². The van der Waals surface area contributed by atoms with E-state index in [1.165, 1.54) is 13.2 Å². The summed E-state index contributed by atoms with van der Waals surface area (Å²) in [5.41, 5.74) is 1.04. The monoisotopic (exact) mass is 1550 g/mol. The van der Waals surface area contributed by atoms with Gasteiger partial charge in [-0.25, -0.2) is 19.2 Å². The normalized spacial score (nSPS) is 15.8. The van der Waals surface area contributed by atoms with Crippen molar-refractivity contribution in [3.8, 4) is 11.1 Å². The SMILES string of the molecule is C=CCOC(=O)CCCCCC(NC(=O)CC(NC(=O)CC(CC(=O)OCC1c2ccccc2-c2ccccc21)C(=O)OC(C)(C)C)C(=O)OC(C)(C)C)C(=O)NCC1CCC(C(=O)CC(Cc2ccc3ccccc3c2)C(=O)NCCCCC(NC(=O)NC(CCC(=O)OC(C)(C)C)C(=O)OC(C)(C)C)C(=O)OC)CC1. The second kappa shape index (κ2) is 43.1. The zero-order chi connectivity index (χ0) is 82.5. The van der Waals surface area contributed by atoms with Crippen LogP contribution in [-0.4, -0.2) is 157 Å². The van der Waals surface area contributed by atoms with Crippen LogP contribution >= 0.6 is 0 Å². The number of urea groups is 1. The number of amides is 6. The molecule has 612 valence electrons. The fourth-order valence-corrected chi connectivity index (χ4v) is 13.5. The fraction of sp³-hybridized carbons (Fsp3) is 0.570. The van der Waals surface area contributed by atoms with Crippen LogP contribution in [0.5, 0.6) is 0 Å². The van der Waals surface area contributed by atoms with E-state index >= 15 is 0 Å². The highest BCUT2D eigenvalue weighted by Crippen LogP contribution is 2.45. The van der Waals surface area contributed by atoms with Gasteiger partial charge in [0.1, 0.15) is 65.6 Å². The molecule has 1 fully saturated rings. The third-order valence-electron chi connectivity index (χ3n) is 18.8. The first-order chi connectivity index (χ1) is 52.8. The summed E-state index contributed by atoms with van der Waals surface area (Å²) >= 11 is 0. The van der Waals surface area contributed by atoms with Crippen LogP contribution in [0.15, 0.2) is 104 Å². The number of fused-ring (bicyclic) bond motifs is 4. The first-order valence-electron chi connectivity index (χ1n) is 39.1. The van der Waals surface area contributed by atoms with E-state index in [4.69, 9.17) is 33.2 Å². The van der Waals surface area contributed by atoms with Crippen molar-refractivity contribution in [2.24, 2.45) is 23.7 Å². The number of methoxy groups -OCH3 is 1. The molecular formula is C86H118N6O20. The molecule has 2 aliphatic carbocycles. The Morgan fingerprint density at radius 1 is 0.473 bits per heavy atom. The topological polar surface area (TPSA) is 359 Å². The van der Waals surface area contributed by atoms with E-state index in [1.807, 2.05) is 91.0 Å². The number of benzene rings is 4. The van der Waals surface area contributed by atoms with Crippen LogP contribution in [0.3, 0.4) is 0 Å². The van der Waals surface area contributed by atoms with E-state index < -0.39 is 143 Å². The number of carbonyl (C=O) groups excluding carboxylic acids is 13. The number of ether oxygens (including phenoxy) is 7. The molecule has 4 aromatic rings. The Balaban J connectivity index is 1.07. The van der Waals surface area contributed by atoms with E-state index in [-0.39, 0.29) is 101 Å². The molecule has 6 N–H and O–H groups in total. The predicted octanol–water partition coefficient (Wildman–Crippen LogP) is 11.3. The number of rotatable bonds is 41. The number of unbranched alkanes of at least 4 members (excludes halogenated alkanes) is 3. The van der Waals surface area contributed by atoms with Gasteiger partial charge in [-0.2, -0.15) is 0 Å². The summed E-state index contributed by atoms with van der Waals surface area (Å²) in [7, 11) is 1.17. The molecule has 26 heteroatoms. The third kappa shape index (κ3) is 32.0. The van der Waals surface area contributed by atoms with Gasteiger partial charge in [0.25, 0.3) is 0 Å². The molecule has 6 unspecified atom stereocenters. The van der Waals surface area contributed by atoms with Gasteiger partial charge in [0.15, 0.2) is 0 Å². The molecule has 26 nitrogen and oxygen atoms in total. The van der Waals surface area contributed by atoms with Crippen molar-refractivity contribution in [2.45, 2.75) is 258 Å². The third-order valence-corrected chi connectivity index (χ3v) is 18.8. The van der Waals surface area contributed by atoms with E-state index in [1.54, 1.807) is 83.1 Å².